The fraction of sp³-hybridized carbons (Fsp3) is 0.300. The Morgan fingerprint density at radius 3 is 2.29 bits per heavy atom. The molecule has 268 valence electrons. The predicted molar refractivity (Wildman–Crippen MR) is 184 cm³/mol. The van der Waals surface area contributed by atoms with Crippen LogP contribution in [-0.4, -0.2) is 53.8 Å². The molecular weight excluding hydrogens is 672 g/mol. The molecule has 12 heteroatoms. The van der Waals surface area contributed by atoms with Crippen LogP contribution in [0, 0.1) is 5.92 Å². The quantitative estimate of drug-likeness (QED) is 0.0938. The van der Waals surface area contributed by atoms with Gasteiger partial charge in [0.25, 0.3) is 0 Å². The van der Waals surface area contributed by atoms with Crippen LogP contribution >= 0.6 is 0 Å². The van der Waals surface area contributed by atoms with Crippen LogP contribution < -0.4 is 18.9 Å². The molecule has 8 rings (SSSR count). The van der Waals surface area contributed by atoms with Crippen molar-refractivity contribution in [3.63, 3.8) is 0 Å². The minimum absolute atomic E-state index is 0.0270. The van der Waals surface area contributed by atoms with Gasteiger partial charge in [0.2, 0.25) is 11.4 Å². The minimum atomic E-state index is -2.65. The minimum Gasteiger partial charge on any atom is -0.508 e. The van der Waals surface area contributed by atoms with Crippen molar-refractivity contribution >= 4 is 17.3 Å². The van der Waals surface area contributed by atoms with Crippen LogP contribution in [0.3, 0.4) is 0 Å². The Bertz CT molecular complexity index is 2240. The first-order valence-electron chi connectivity index (χ1n) is 17.0. The highest BCUT2D eigenvalue weighted by Gasteiger charge is 2.70. The number of hydrogen-bond donors (Lipinski definition) is 6. The summed E-state index contributed by atoms with van der Waals surface area (Å²) in [6, 6.07) is 13.7. The van der Waals surface area contributed by atoms with Crippen LogP contribution in [0.5, 0.6) is 51.7 Å². The molecule has 4 atom stereocenters. The van der Waals surface area contributed by atoms with Crippen molar-refractivity contribution in [2.75, 3.05) is 0 Å². The van der Waals surface area contributed by atoms with Gasteiger partial charge in [-0.05, 0) is 92.0 Å². The molecule has 0 aromatic heterocycles. The van der Waals surface area contributed by atoms with Gasteiger partial charge < -0.3 is 49.6 Å². The number of aromatic hydroxyl groups is 5. The maximum Gasteiger partial charge on any atom is 0.347 e. The third-order valence-electron chi connectivity index (χ3n) is 10.4. The van der Waals surface area contributed by atoms with Crippen LogP contribution in [0.25, 0.3) is 5.57 Å². The van der Waals surface area contributed by atoms with E-state index in [4.69, 9.17) is 18.9 Å². The maximum absolute atomic E-state index is 14.7. The van der Waals surface area contributed by atoms with Crippen molar-refractivity contribution < 1.29 is 59.2 Å². The van der Waals surface area contributed by atoms with Gasteiger partial charge in [0.05, 0.1) is 5.56 Å². The molecule has 6 N–H and O–H groups in total. The second-order valence-corrected chi connectivity index (χ2v) is 14.6. The average Bonchev–Trinajstić information content (AvgIpc) is 3.30. The Morgan fingerprint density at radius 1 is 0.865 bits per heavy atom. The van der Waals surface area contributed by atoms with E-state index in [1.54, 1.807) is 18.2 Å². The molecule has 4 aromatic carbocycles. The van der Waals surface area contributed by atoms with Crippen molar-refractivity contribution in [3.05, 3.63) is 94.6 Å². The Hall–Kier alpha value is -5.88. The van der Waals surface area contributed by atoms with Gasteiger partial charge in [-0.15, -0.1) is 0 Å². The number of phenols is 5. The average molecular weight is 709 g/mol. The van der Waals surface area contributed by atoms with Gasteiger partial charge in [0, 0.05) is 29.8 Å². The Labute approximate surface area is 297 Å². The third-order valence-corrected chi connectivity index (χ3v) is 10.4. The number of rotatable bonds is 6. The van der Waals surface area contributed by atoms with Gasteiger partial charge in [-0.3, -0.25) is 4.79 Å². The van der Waals surface area contributed by atoms with Crippen LogP contribution in [0.4, 0.5) is 0 Å². The van der Waals surface area contributed by atoms with E-state index in [1.165, 1.54) is 42.5 Å². The fourth-order valence-electron chi connectivity index (χ4n) is 8.05. The number of ketones is 1. The molecule has 0 saturated heterocycles. The second-order valence-electron chi connectivity index (χ2n) is 14.6. The standard InChI is InChI=1S/C40H36O12/c1-19(2)10-11-39-27-9-6-24(43)15-30(27)52-40(39,48)36(46)34-32(51-39)16-31(49-37(47)26-8-5-22(41)13-28(26)44)33(35(34)45)21-12-20-17-38(3,18-21)50-29-14-23(42)4-7-25(20)29/h4-9,13-16,18-20,41-45,48H,10-12,17H2,1-3H3. The first-order chi connectivity index (χ1) is 24.6. The normalized spacial score (nSPS) is 25.1. The summed E-state index contributed by atoms with van der Waals surface area (Å²) in [4.78, 5) is 28.3. The van der Waals surface area contributed by atoms with Gasteiger partial charge in [-0.2, -0.15) is 0 Å². The lowest BCUT2D eigenvalue weighted by Gasteiger charge is -2.44. The van der Waals surface area contributed by atoms with Gasteiger partial charge in [0.1, 0.15) is 68.5 Å². The molecule has 0 saturated carbocycles. The Morgan fingerprint density at radius 2 is 1.56 bits per heavy atom. The lowest BCUT2D eigenvalue weighted by molar-refractivity contribution is -0.206. The Balaban J connectivity index is 1.32. The van der Waals surface area contributed by atoms with E-state index < -0.39 is 45.8 Å². The van der Waals surface area contributed by atoms with Crippen LogP contribution in [0.15, 0.2) is 66.7 Å². The summed E-state index contributed by atoms with van der Waals surface area (Å²) in [6.07, 6.45) is 3.17. The summed E-state index contributed by atoms with van der Waals surface area (Å²) >= 11 is 0. The molecule has 52 heavy (non-hydrogen) atoms. The number of aliphatic hydroxyl groups is 1. The van der Waals surface area contributed by atoms with E-state index in [9.17, 15) is 40.2 Å². The maximum atomic E-state index is 14.7. The number of ether oxygens (including phenoxy) is 4. The molecule has 0 spiro atoms. The molecule has 2 bridgehead atoms. The topological polar surface area (TPSA) is 192 Å². The number of benzene rings is 4. The van der Waals surface area contributed by atoms with Crippen molar-refractivity contribution in [2.24, 2.45) is 5.92 Å². The molecule has 1 aliphatic carbocycles. The molecule has 4 aromatic rings. The largest absolute Gasteiger partial charge is 0.508 e. The van der Waals surface area contributed by atoms with Gasteiger partial charge >= 0.3 is 11.8 Å². The molecular formula is C40H36O12. The van der Waals surface area contributed by atoms with Crippen molar-refractivity contribution in [1.82, 2.24) is 0 Å². The zero-order valence-electron chi connectivity index (χ0n) is 28.5. The highest BCUT2D eigenvalue weighted by atomic mass is 16.7. The first kappa shape index (κ1) is 33.3. The molecule has 3 heterocycles. The van der Waals surface area contributed by atoms with Crippen LogP contribution in [0.1, 0.15) is 89.8 Å². The van der Waals surface area contributed by atoms with Crippen molar-refractivity contribution in [2.45, 2.75) is 69.4 Å². The van der Waals surface area contributed by atoms with E-state index in [-0.39, 0.29) is 70.3 Å². The number of fused-ring (bicyclic) bond motifs is 8. The second kappa shape index (κ2) is 11.3. The molecule has 4 aliphatic rings. The highest BCUT2D eigenvalue weighted by molar-refractivity contribution is 6.10. The fourth-order valence-corrected chi connectivity index (χ4v) is 8.05. The summed E-state index contributed by atoms with van der Waals surface area (Å²) in [5.74, 6) is -6.20. The van der Waals surface area contributed by atoms with E-state index in [0.29, 0.717) is 29.7 Å². The molecule has 0 radical (unpaired) electrons. The number of carbonyl (C=O) groups excluding carboxylic acids is 2. The van der Waals surface area contributed by atoms with Gasteiger partial charge in [0.15, 0.2) is 0 Å². The molecule has 12 nitrogen and oxygen atoms in total. The number of carbonyl (C=O) groups is 2. The summed E-state index contributed by atoms with van der Waals surface area (Å²) in [7, 11) is 0. The smallest absolute Gasteiger partial charge is 0.347 e. The summed E-state index contributed by atoms with van der Waals surface area (Å²) in [5, 5.41) is 65.2. The van der Waals surface area contributed by atoms with E-state index in [2.05, 4.69) is 0 Å². The SMILES string of the molecule is CC(C)CCC12Oc3cc(OC(=O)c4ccc(O)cc4O)c(C4=CC5(C)CC(C4)c4ccc(O)cc4O5)c(O)c3C(=O)C1(O)Oc1cc(O)ccc12. The predicted octanol–water partition coefficient (Wildman–Crippen LogP) is 6.53. The lowest BCUT2D eigenvalue weighted by atomic mass is 9.72. The number of allylic oxidation sites excluding steroid dienone is 1. The molecule has 0 fully saturated rings. The van der Waals surface area contributed by atoms with Crippen molar-refractivity contribution in [1.29, 1.82) is 0 Å². The molecule has 0 amide bonds. The Kier molecular flexibility index (Phi) is 7.24. The summed E-state index contributed by atoms with van der Waals surface area (Å²) < 4.78 is 24.8. The molecule has 4 unspecified atom stereocenters. The summed E-state index contributed by atoms with van der Waals surface area (Å²) in [6.45, 7) is 5.77. The summed E-state index contributed by atoms with van der Waals surface area (Å²) in [5.41, 5.74) is -1.92. The highest BCUT2D eigenvalue weighted by Crippen LogP contribution is 2.61. The van der Waals surface area contributed by atoms with E-state index in [1.807, 2.05) is 20.8 Å². The lowest BCUT2D eigenvalue weighted by Crippen LogP contribution is -2.62. The van der Waals surface area contributed by atoms with Crippen LogP contribution in [0.2, 0.25) is 0 Å². The van der Waals surface area contributed by atoms with E-state index >= 15 is 0 Å². The zero-order valence-corrected chi connectivity index (χ0v) is 28.5. The van der Waals surface area contributed by atoms with E-state index in [0.717, 1.165) is 11.6 Å². The first-order valence-corrected chi connectivity index (χ1v) is 17.0. The number of hydrogen-bond acceptors (Lipinski definition) is 12. The zero-order chi connectivity index (χ0) is 36.9. The number of Topliss-reactive ketones (excluding diaryl/α,β-unsaturated/α-hetero) is 1. The van der Waals surface area contributed by atoms with Gasteiger partial charge in [-0.1, -0.05) is 19.9 Å². The monoisotopic (exact) mass is 708 g/mol. The third kappa shape index (κ3) is 4.92. The van der Waals surface area contributed by atoms with Crippen molar-refractivity contribution in [3.8, 4) is 51.7 Å². The molecule has 3 aliphatic heterocycles. The van der Waals surface area contributed by atoms with Gasteiger partial charge in [-0.25, -0.2) is 4.79 Å². The number of phenolic OH excluding ortho intramolecular Hbond substituents is 5. The van der Waals surface area contributed by atoms with Crippen LogP contribution in [-0.2, 0) is 5.60 Å². The number of esters is 1.